The number of hydrogen-bond acceptors (Lipinski definition) is 4. The molecule has 0 saturated carbocycles. The van der Waals surface area contributed by atoms with Crippen LogP contribution in [0.4, 0.5) is 0 Å². The summed E-state index contributed by atoms with van der Waals surface area (Å²) in [5.41, 5.74) is 0. The van der Waals surface area contributed by atoms with Gasteiger partial charge in [0.15, 0.2) is 0 Å². The molecule has 0 radical (unpaired) electrons. The molecule has 0 aliphatic rings. The molecule has 0 N–H and O–H groups in total. The monoisotopic (exact) mass is 300 g/mol. The third-order valence-electron chi connectivity index (χ3n) is 0. The van der Waals surface area contributed by atoms with Crippen LogP contribution < -0.4 is 10.2 Å². The van der Waals surface area contributed by atoms with E-state index in [0.29, 0.717) is 0 Å². The van der Waals surface area contributed by atoms with Gasteiger partial charge < -0.3 is 0 Å². The maximum absolute atomic E-state index is 8.64. The third kappa shape index (κ3) is 54.7. The zero-order chi connectivity index (χ0) is 4.50. The first-order valence-electron chi connectivity index (χ1n) is 0.730. The molecule has 0 rings (SSSR count). The van der Waals surface area contributed by atoms with Crippen LogP contribution in [0.15, 0.2) is 0 Å². The fourth-order valence-electron chi connectivity index (χ4n) is 0. The molecule has 0 aliphatic carbocycles. The predicted molar refractivity (Wildman–Crippen MR) is 12.2 cm³/mol. The van der Waals surface area contributed by atoms with Crippen LogP contribution in [0.1, 0.15) is 0 Å². The summed E-state index contributed by atoms with van der Waals surface area (Å²) in [5, 5.41) is 0. The Labute approximate surface area is 58.7 Å². The van der Waals surface area contributed by atoms with Crippen molar-refractivity contribution in [2.75, 3.05) is 0 Å². The summed E-state index contributed by atoms with van der Waals surface area (Å²) in [5.74, 6) is 0. The molecule has 0 bridgehead atoms. The third-order valence-corrected chi connectivity index (χ3v) is 0. The second-order valence-electron chi connectivity index (χ2n) is 0.447. The molecule has 0 amide bonds. The van der Waals surface area contributed by atoms with Crippen molar-refractivity contribution in [1.82, 2.24) is 0 Å². The molecule has 0 atom stereocenters. The second-order valence-corrected chi connectivity index (χ2v) is 3.00. The molecular formula is InO4Sb. The van der Waals surface area contributed by atoms with Gasteiger partial charge >= 0.3 is 59.1 Å². The van der Waals surface area contributed by atoms with E-state index in [2.05, 4.69) is 0 Å². The summed E-state index contributed by atoms with van der Waals surface area (Å²) >= 11 is -6.10. The second kappa shape index (κ2) is 3.38. The van der Waals surface area contributed by atoms with Gasteiger partial charge in [-0.2, -0.15) is 0 Å². The normalized spacial score (nSPS) is 9.83. The first-order valence-corrected chi connectivity index (χ1v) is 4.90. The maximum atomic E-state index is 8.64. The molecule has 0 spiro atoms. The summed E-state index contributed by atoms with van der Waals surface area (Å²) in [4.78, 5) is 0. The topological polar surface area (TPSA) is 86.2 Å². The average Bonchev–Trinajstić information content (AvgIpc) is 0.722. The zero-order valence-corrected chi connectivity index (χ0v) is 8.51. The van der Waals surface area contributed by atoms with E-state index in [0.717, 1.165) is 0 Å². The first-order chi connectivity index (χ1) is 2.00. The molecule has 0 unspecified atom stereocenters. The molecule has 0 fully saturated rings. The minimum atomic E-state index is -6.10. The van der Waals surface area contributed by atoms with Crippen molar-refractivity contribution in [1.29, 1.82) is 0 Å². The Morgan fingerprint density at radius 2 is 1.17 bits per heavy atom. The fourth-order valence-corrected chi connectivity index (χ4v) is 0. The molecule has 0 heterocycles. The van der Waals surface area contributed by atoms with Crippen LogP contribution in [0, 0.1) is 0 Å². The van der Waals surface area contributed by atoms with E-state index in [1.807, 2.05) is 0 Å². The Morgan fingerprint density at radius 3 is 1.17 bits per heavy atom. The molecule has 6 heteroatoms. The van der Waals surface area contributed by atoms with Gasteiger partial charge in [0.25, 0.3) is 0 Å². The quantitative estimate of drug-likeness (QED) is 0.422. The first kappa shape index (κ1) is 10.4. The van der Waals surface area contributed by atoms with E-state index in [9.17, 15) is 0 Å². The van der Waals surface area contributed by atoms with Crippen LogP contribution in [0.25, 0.3) is 0 Å². The number of hydrogen-bond donors (Lipinski definition) is 0. The van der Waals surface area contributed by atoms with Crippen LogP contribution in [-0.4, -0.2) is 45.9 Å². The SMILES string of the molecule is [In+3].[O]=[Sb]([O-])([O-])[O-]. The van der Waals surface area contributed by atoms with Gasteiger partial charge in [-0.05, 0) is 0 Å². The molecule has 0 aliphatic heterocycles. The Bertz CT molecular complexity index is 53.7. The molecule has 0 aromatic rings. The molecule has 4 nitrogen and oxygen atoms in total. The van der Waals surface area contributed by atoms with E-state index in [1.54, 1.807) is 0 Å². The number of rotatable bonds is 0. The van der Waals surface area contributed by atoms with E-state index in [-0.39, 0.29) is 25.8 Å². The van der Waals surface area contributed by atoms with Crippen LogP contribution in [0.3, 0.4) is 0 Å². The van der Waals surface area contributed by atoms with Crippen molar-refractivity contribution in [2.45, 2.75) is 0 Å². The Hall–Kier alpha value is 1.37. The Kier molecular flexibility index (Phi) is 5.84. The Balaban J connectivity index is 0. The van der Waals surface area contributed by atoms with Crippen molar-refractivity contribution in [2.24, 2.45) is 0 Å². The van der Waals surface area contributed by atoms with Gasteiger partial charge in [-0.3, -0.25) is 0 Å². The average molecular weight is 301 g/mol. The van der Waals surface area contributed by atoms with Crippen molar-refractivity contribution in [3.8, 4) is 0 Å². The summed E-state index contributed by atoms with van der Waals surface area (Å²) < 4.78 is 34.6. The van der Waals surface area contributed by atoms with Crippen molar-refractivity contribution in [3.63, 3.8) is 0 Å². The van der Waals surface area contributed by atoms with Gasteiger partial charge in [0, 0.05) is 0 Å². The van der Waals surface area contributed by atoms with E-state index >= 15 is 0 Å². The molecule has 32 valence electrons. The van der Waals surface area contributed by atoms with Gasteiger partial charge in [-0.1, -0.05) is 0 Å². The van der Waals surface area contributed by atoms with Crippen LogP contribution in [-0.2, 0) is 3.02 Å². The zero-order valence-electron chi connectivity index (χ0n) is 2.66. The van der Waals surface area contributed by atoms with E-state index < -0.39 is 20.1 Å². The van der Waals surface area contributed by atoms with Crippen LogP contribution in [0.5, 0.6) is 0 Å². The van der Waals surface area contributed by atoms with Gasteiger partial charge in [-0.15, -0.1) is 0 Å². The molecule has 6 heavy (non-hydrogen) atoms. The van der Waals surface area contributed by atoms with Crippen molar-refractivity contribution >= 4 is 45.9 Å². The summed E-state index contributed by atoms with van der Waals surface area (Å²) in [6.07, 6.45) is 0. The van der Waals surface area contributed by atoms with Gasteiger partial charge in [0.2, 0.25) is 0 Å². The van der Waals surface area contributed by atoms with Crippen molar-refractivity contribution in [3.05, 3.63) is 0 Å². The van der Waals surface area contributed by atoms with Gasteiger partial charge in [-0.25, -0.2) is 0 Å². The van der Waals surface area contributed by atoms with E-state index in [1.165, 1.54) is 0 Å². The van der Waals surface area contributed by atoms with Crippen molar-refractivity contribution < 1.29 is 13.2 Å². The Morgan fingerprint density at radius 1 is 1.17 bits per heavy atom. The molecular weight excluding hydrogens is 301 g/mol. The van der Waals surface area contributed by atoms with Gasteiger partial charge in [0.1, 0.15) is 0 Å². The molecule has 0 saturated heterocycles. The van der Waals surface area contributed by atoms with Gasteiger partial charge in [0.05, 0.1) is 0 Å². The summed E-state index contributed by atoms with van der Waals surface area (Å²) in [6, 6.07) is 0. The van der Waals surface area contributed by atoms with Crippen LogP contribution >= 0.6 is 0 Å². The predicted octanol–water partition coefficient (Wildman–Crippen LogP) is -4.45. The summed E-state index contributed by atoms with van der Waals surface area (Å²) in [7, 11) is 0. The fraction of sp³-hybridized carbons (Fsp3) is 0. The van der Waals surface area contributed by atoms with E-state index in [4.69, 9.17) is 13.2 Å². The molecule has 0 aromatic heterocycles. The minimum absolute atomic E-state index is 0. The standard InChI is InChI=1S/In.4O.Sb/q+3;;3*-1;. The summed E-state index contributed by atoms with van der Waals surface area (Å²) in [6.45, 7) is 0. The molecule has 0 aromatic carbocycles. The van der Waals surface area contributed by atoms with Crippen LogP contribution in [0.2, 0.25) is 0 Å².